The van der Waals surface area contributed by atoms with Crippen molar-refractivity contribution in [3.63, 3.8) is 0 Å². The first kappa shape index (κ1) is 17.5. The molecule has 25 heavy (non-hydrogen) atoms. The fraction of sp³-hybridized carbons (Fsp3) is 0.500. The van der Waals surface area contributed by atoms with E-state index >= 15 is 0 Å². The molecule has 0 bridgehead atoms. The average molecular weight is 343 g/mol. The van der Waals surface area contributed by atoms with E-state index in [0.717, 1.165) is 24.6 Å². The van der Waals surface area contributed by atoms with E-state index in [-0.39, 0.29) is 24.3 Å². The van der Waals surface area contributed by atoms with Crippen molar-refractivity contribution >= 4 is 22.8 Å². The Kier molecular flexibility index (Phi) is 4.84. The summed E-state index contributed by atoms with van der Waals surface area (Å²) in [6.07, 6.45) is 2.69. The number of likely N-dealkylation sites (tertiary alicyclic amines) is 1. The molecule has 2 aromatic rings. The van der Waals surface area contributed by atoms with Gasteiger partial charge in [0.2, 0.25) is 0 Å². The van der Waals surface area contributed by atoms with Gasteiger partial charge in [-0.1, -0.05) is 18.2 Å². The molecule has 1 fully saturated rings. The van der Waals surface area contributed by atoms with Gasteiger partial charge in [-0.2, -0.15) is 0 Å². The number of furan rings is 1. The summed E-state index contributed by atoms with van der Waals surface area (Å²) in [5.41, 5.74) is 0.167. The molecule has 5 heteroatoms. The standard InChI is InChI=1S/C20H25NO4/c1-20(2,3)25-19(23)21-11-7-6-9-15(21)13-16(22)18-12-14-8-4-5-10-17(14)24-18/h4-5,8,10,12,15H,6-7,9,11,13H2,1-3H3/t15-/m0/s1. The van der Waals surface area contributed by atoms with Gasteiger partial charge < -0.3 is 14.1 Å². The minimum Gasteiger partial charge on any atom is -0.453 e. The van der Waals surface area contributed by atoms with Gasteiger partial charge in [0.25, 0.3) is 0 Å². The molecule has 1 atom stereocenters. The normalized spacial score (nSPS) is 18.4. The van der Waals surface area contributed by atoms with Crippen LogP contribution in [0.5, 0.6) is 0 Å². The Balaban J connectivity index is 1.72. The van der Waals surface area contributed by atoms with Gasteiger partial charge in [0.05, 0.1) is 0 Å². The van der Waals surface area contributed by atoms with E-state index in [0.29, 0.717) is 17.9 Å². The third-order valence-corrected chi connectivity index (χ3v) is 4.38. The first-order valence-corrected chi connectivity index (χ1v) is 8.85. The van der Waals surface area contributed by atoms with Crippen molar-refractivity contribution in [1.29, 1.82) is 0 Å². The molecular formula is C20H25NO4. The molecule has 5 nitrogen and oxygen atoms in total. The lowest BCUT2D eigenvalue weighted by molar-refractivity contribution is 0.00935. The van der Waals surface area contributed by atoms with Crippen LogP contribution in [0, 0.1) is 0 Å². The molecule has 3 rings (SSSR count). The van der Waals surface area contributed by atoms with Gasteiger partial charge in [0.1, 0.15) is 11.2 Å². The third-order valence-electron chi connectivity index (χ3n) is 4.38. The first-order chi connectivity index (χ1) is 11.8. The summed E-state index contributed by atoms with van der Waals surface area (Å²) >= 11 is 0. The lowest BCUT2D eigenvalue weighted by Crippen LogP contribution is -2.46. The Morgan fingerprint density at radius 1 is 1.24 bits per heavy atom. The van der Waals surface area contributed by atoms with Crippen LogP contribution in [-0.2, 0) is 4.74 Å². The molecular weight excluding hydrogens is 318 g/mol. The number of rotatable bonds is 3. The van der Waals surface area contributed by atoms with Crippen molar-refractivity contribution in [2.75, 3.05) is 6.54 Å². The molecule has 0 radical (unpaired) electrons. The molecule has 1 amide bonds. The van der Waals surface area contributed by atoms with Gasteiger partial charge in [-0.3, -0.25) is 4.79 Å². The van der Waals surface area contributed by atoms with Gasteiger partial charge >= 0.3 is 6.09 Å². The molecule has 0 saturated carbocycles. The number of piperidine rings is 1. The number of carbonyl (C=O) groups is 2. The van der Waals surface area contributed by atoms with Crippen LogP contribution in [0.3, 0.4) is 0 Å². The van der Waals surface area contributed by atoms with E-state index in [2.05, 4.69) is 0 Å². The summed E-state index contributed by atoms with van der Waals surface area (Å²) in [6.45, 7) is 6.18. The van der Waals surface area contributed by atoms with Crippen LogP contribution in [0.1, 0.15) is 57.0 Å². The van der Waals surface area contributed by atoms with E-state index in [1.165, 1.54) is 0 Å². The van der Waals surface area contributed by atoms with E-state index in [1.807, 2.05) is 45.0 Å². The van der Waals surface area contributed by atoms with Crippen LogP contribution in [0.2, 0.25) is 0 Å². The van der Waals surface area contributed by atoms with Gasteiger partial charge in [-0.15, -0.1) is 0 Å². The summed E-state index contributed by atoms with van der Waals surface area (Å²) < 4.78 is 11.2. The summed E-state index contributed by atoms with van der Waals surface area (Å²) in [4.78, 5) is 26.8. The number of amides is 1. The number of hydrogen-bond acceptors (Lipinski definition) is 4. The minimum absolute atomic E-state index is 0.0725. The molecule has 0 N–H and O–H groups in total. The Bertz CT molecular complexity index is 738. The van der Waals surface area contributed by atoms with E-state index < -0.39 is 5.60 Å². The number of ketones is 1. The summed E-state index contributed by atoms with van der Waals surface area (Å²) in [5, 5.41) is 0.915. The predicted octanol–water partition coefficient (Wildman–Crippen LogP) is 4.80. The Morgan fingerprint density at radius 2 is 2.00 bits per heavy atom. The van der Waals surface area contributed by atoms with E-state index in [9.17, 15) is 9.59 Å². The zero-order valence-electron chi connectivity index (χ0n) is 15.1. The SMILES string of the molecule is CC(C)(C)OC(=O)N1CCCC[C@H]1CC(=O)c1cc2ccccc2o1. The van der Waals surface area contributed by atoms with Crippen molar-refractivity contribution in [2.24, 2.45) is 0 Å². The summed E-state index contributed by atoms with van der Waals surface area (Å²) in [5.74, 6) is 0.285. The number of fused-ring (bicyclic) bond motifs is 1. The molecule has 1 aromatic heterocycles. The Morgan fingerprint density at radius 3 is 2.72 bits per heavy atom. The zero-order valence-corrected chi connectivity index (χ0v) is 15.1. The highest BCUT2D eigenvalue weighted by Crippen LogP contribution is 2.26. The molecule has 0 spiro atoms. The van der Waals surface area contributed by atoms with Crippen LogP contribution in [0.15, 0.2) is 34.7 Å². The molecule has 134 valence electrons. The zero-order chi connectivity index (χ0) is 18.0. The second-order valence-corrected chi connectivity index (χ2v) is 7.60. The first-order valence-electron chi connectivity index (χ1n) is 8.85. The quantitative estimate of drug-likeness (QED) is 0.751. The van der Waals surface area contributed by atoms with Crippen molar-refractivity contribution in [3.05, 3.63) is 36.1 Å². The van der Waals surface area contributed by atoms with Crippen LogP contribution in [-0.4, -0.2) is 35.0 Å². The van der Waals surface area contributed by atoms with Gasteiger partial charge in [0.15, 0.2) is 11.5 Å². The van der Waals surface area contributed by atoms with Crippen molar-refractivity contribution in [2.45, 2.75) is 58.1 Å². The van der Waals surface area contributed by atoms with Crippen LogP contribution in [0.25, 0.3) is 11.0 Å². The summed E-state index contributed by atoms with van der Waals surface area (Å²) in [6, 6.07) is 9.20. The number of hydrogen-bond donors (Lipinski definition) is 0. The second kappa shape index (κ2) is 6.90. The van der Waals surface area contributed by atoms with E-state index in [4.69, 9.17) is 9.15 Å². The van der Waals surface area contributed by atoms with Gasteiger partial charge in [0, 0.05) is 24.4 Å². The fourth-order valence-electron chi connectivity index (χ4n) is 3.21. The van der Waals surface area contributed by atoms with Crippen LogP contribution in [0.4, 0.5) is 4.79 Å². The number of benzene rings is 1. The molecule has 0 aliphatic carbocycles. The van der Waals surface area contributed by atoms with E-state index in [1.54, 1.807) is 11.0 Å². The highest BCUT2D eigenvalue weighted by molar-refractivity contribution is 5.98. The maximum Gasteiger partial charge on any atom is 0.410 e. The largest absolute Gasteiger partial charge is 0.453 e. The maximum atomic E-state index is 12.7. The maximum absolute atomic E-state index is 12.7. The number of para-hydroxylation sites is 1. The lowest BCUT2D eigenvalue weighted by Gasteiger charge is -2.36. The highest BCUT2D eigenvalue weighted by atomic mass is 16.6. The molecule has 1 aliphatic heterocycles. The van der Waals surface area contributed by atoms with Crippen molar-refractivity contribution < 1.29 is 18.7 Å². The van der Waals surface area contributed by atoms with Crippen molar-refractivity contribution in [1.82, 2.24) is 4.90 Å². The number of carbonyl (C=O) groups excluding carboxylic acids is 2. The van der Waals surface area contributed by atoms with Crippen molar-refractivity contribution in [3.8, 4) is 0 Å². The number of Topliss-reactive ketones (excluding diaryl/α,β-unsaturated/α-hetero) is 1. The van der Waals surface area contributed by atoms with Gasteiger partial charge in [-0.05, 0) is 52.2 Å². The highest BCUT2D eigenvalue weighted by Gasteiger charge is 2.32. The van der Waals surface area contributed by atoms with Crippen LogP contribution >= 0.6 is 0 Å². The second-order valence-electron chi connectivity index (χ2n) is 7.60. The fourth-order valence-corrected chi connectivity index (χ4v) is 3.21. The number of ether oxygens (including phenoxy) is 1. The Hall–Kier alpha value is -2.30. The molecule has 2 heterocycles. The monoisotopic (exact) mass is 343 g/mol. The minimum atomic E-state index is -0.540. The topological polar surface area (TPSA) is 59.8 Å². The molecule has 1 saturated heterocycles. The molecule has 0 unspecified atom stereocenters. The third kappa shape index (κ3) is 4.21. The predicted molar refractivity (Wildman–Crippen MR) is 95.7 cm³/mol. The molecule has 1 aliphatic rings. The average Bonchev–Trinajstić information content (AvgIpc) is 2.98. The smallest absolute Gasteiger partial charge is 0.410 e. The lowest BCUT2D eigenvalue weighted by atomic mass is 9.97. The van der Waals surface area contributed by atoms with Gasteiger partial charge in [-0.25, -0.2) is 4.79 Å². The molecule has 1 aromatic carbocycles. The Labute approximate surface area is 147 Å². The summed E-state index contributed by atoms with van der Waals surface area (Å²) in [7, 11) is 0. The van der Waals surface area contributed by atoms with Crippen LogP contribution < -0.4 is 0 Å². The number of nitrogens with zero attached hydrogens (tertiary/aromatic N) is 1.